The van der Waals surface area contributed by atoms with Gasteiger partial charge >= 0.3 is 0 Å². The number of carbonyl (C=O) groups excluding carboxylic acids is 2. The number of likely N-dealkylation sites (N-methyl/N-ethyl adjacent to an activating group) is 1. The van der Waals surface area contributed by atoms with E-state index in [0.29, 0.717) is 23.5 Å². The van der Waals surface area contributed by atoms with Gasteiger partial charge in [-0.25, -0.2) is 0 Å². The number of carbonyl (C=O) groups is 2. The van der Waals surface area contributed by atoms with E-state index < -0.39 is 0 Å². The zero-order chi connectivity index (χ0) is 21.5. The summed E-state index contributed by atoms with van der Waals surface area (Å²) in [5, 5.41) is 2.76. The van der Waals surface area contributed by atoms with E-state index in [9.17, 15) is 9.59 Å². The topological polar surface area (TPSA) is 71.8 Å². The Hall–Kier alpha value is -3.06. The predicted molar refractivity (Wildman–Crippen MR) is 119 cm³/mol. The van der Waals surface area contributed by atoms with Crippen molar-refractivity contribution in [2.75, 3.05) is 19.0 Å². The Morgan fingerprint density at radius 3 is 2.27 bits per heavy atom. The van der Waals surface area contributed by atoms with Crippen LogP contribution in [0.25, 0.3) is 0 Å². The lowest BCUT2D eigenvalue weighted by Gasteiger charge is -2.18. The summed E-state index contributed by atoms with van der Waals surface area (Å²) >= 11 is 3.17. The summed E-state index contributed by atoms with van der Waals surface area (Å²) in [5.41, 5.74) is 2.54. The molecule has 0 aliphatic rings. The molecular formula is C23H23BrN2O4. The number of benzene rings is 2. The molecular weight excluding hydrogens is 448 g/mol. The van der Waals surface area contributed by atoms with E-state index in [-0.39, 0.29) is 24.0 Å². The third-order valence-electron chi connectivity index (χ3n) is 4.44. The van der Waals surface area contributed by atoms with Gasteiger partial charge in [0.2, 0.25) is 5.91 Å². The second-order valence-electron chi connectivity index (χ2n) is 6.76. The van der Waals surface area contributed by atoms with Crippen molar-refractivity contribution in [2.45, 2.75) is 19.9 Å². The molecule has 6 nitrogen and oxygen atoms in total. The molecule has 0 radical (unpaired) electrons. The first-order chi connectivity index (χ1) is 14.4. The second-order valence-corrected chi connectivity index (χ2v) is 7.54. The average molecular weight is 471 g/mol. The number of ether oxygens (including phenoxy) is 1. The minimum Gasteiger partial charge on any atom is -0.494 e. The van der Waals surface area contributed by atoms with E-state index in [1.165, 1.54) is 0 Å². The van der Waals surface area contributed by atoms with Crippen LogP contribution in [0.15, 0.2) is 69.8 Å². The number of hydrogen-bond acceptors (Lipinski definition) is 4. The Labute approximate surface area is 184 Å². The third kappa shape index (κ3) is 5.97. The van der Waals surface area contributed by atoms with Crippen LogP contribution in [-0.4, -0.2) is 30.4 Å². The third-order valence-corrected chi connectivity index (χ3v) is 4.87. The zero-order valence-corrected chi connectivity index (χ0v) is 18.4. The van der Waals surface area contributed by atoms with Crippen LogP contribution < -0.4 is 10.1 Å². The van der Waals surface area contributed by atoms with Crippen molar-refractivity contribution in [3.05, 3.63) is 82.2 Å². The van der Waals surface area contributed by atoms with Gasteiger partial charge in [-0.15, -0.1) is 0 Å². The van der Waals surface area contributed by atoms with Crippen molar-refractivity contribution in [2.24, 2.45) is 0 Å². The van der Waals surface area contributed by atoms with Gasteiger partial charge in [-0.2, -0.15) is 0 Å². The van der Waals surface area contributed by atoms with Crippen LogP contribution in [0.2, 0.25) is 0 Å². The molecule has 0 bridgehead atoms. The van der Waals surface area contributed by atoms with Crippen LogP contribution in [-0.2, 0) is 17.8 Å². The molecule has 0 atom stereocenters. The Morgan fingerprint density at radius 1 is 1.00 bits per heavy atom. The van der Waals surface area contributed by atoms with Gasteiger partial charge in [0.25, 0.3) is 5.91 Å². The molecule has 0 spiro atoms. The number of amides is 2. The molecule has 3 rings (SSSR count). The quantitative estimate of drug-likeness (QED) is 0.508. The molecule has 2 aromatic carbocycles. The molecule has 0 aliphatic carbocycles. The standard InChI is InChI=1S/C23H23BrN2O4/c1-3-29-19-10-6-17(7-11-19)15-26(2)22(27)14-16-4-8-18(9-5-16)25-23(28)20-12-13-21(24)30-20/h4-13H,3,14-15H2,1-2H3,(H,25,28). The first-order valence-electron chi connectivity index (χ1n) is 9.56. The maximum absolute atomic E-state index is 12.6. The maximum Gasteiger partial charge on any atom is 0.291 e. The van der Waals surface area contributed by atoms with Crippen molar-refractivity contribution < 1.29 is 18.7 Å². The monoisotopic (exact) mass is 470 g/mol. The maximum atomic E-state index is 12.6. The normalized spacial score (nSPS) is 10.5. The van der Waals surface area contributed by atoms with E-state index in [1.54, 1.807) is 36.2 Å². The van der Waals surface area contributed by atoms with Crippen LogP contribution in [0.5, 0.6) is 5.75 Å². The first-order valence-corrected chi connectivity index (χ1v) is 10.3. The number of nitrogens with zero attached hydrogens (tertiary/aromatic N) is 1. The number of rotatable bonds is 8. The lowest BCUT2D eigenvalue weighted by Crippen LogP contribution is -2.27. The van der Waals surface area contributed by atoms with Gasteiger partial charge < -0.3 is 19.4 Å². The highest BCUT2D eigenvalue weighted by molar-refractivity contribution is 9.10. The molecule has 3 aromatic rings. The molecule has 2 amide bonds. The smallest absolute Gasteiger partial charge is 0.291 e. The summed E-state index contributed by atoms with van der Waals surface area (Å²) < 4.78 is 11.2. The Balaban J connectivity index is 1.52. The van der Waals surface area contributed by atoms with Crippen LogP contribution in [0, 0.1) is 0 Å². The molecule has 0 aliphatic heterocycles. The van der Waals surface area contributed by atoms with Crippen LogP contribution >= 0.6 is 15.9 Å². The van der Waals surface area contributed by atoms with Crippen molar-refractivity contribution in [1.82, 2.24) is 4.90 Å². The van der Waals surface area contributed by atoms with Gasteiger partial charge in [0.15, 0.2) is 10.4 Å². The summed E-state index contributed by atoms with van der Waals surface area (Å²) in [5.74, 6) is 0.722. The van der Waals surface area contributed by atoms with Crippen LogP contribution in [0.1, 0.15) is 28.6 Å². The van der Waals surface area contributed by atoms with E-state index in [1.807, 2.05) is 43.3 Å². The zero-order valence-electron chi connectivity index (χ0n) is 16.9. The van der Waals surface area contributed by atoms with Crippen molar-refractivity contribution in [3.63, 3.8) is 0 Å². The molecule has 1 aromatic heterocycles. The summed E-state index contributed by atoms with van der Waals surface area (Å²) in [6.07, 6.45) is 0.285. The van der Waals surface area contributed by atoms with E-state index >= 15 is 0 Å². The highest BCUT2D eigenvalue weighted by Crippen LogP contribution is 2.17. The summed E-state index contributed by atoms with van der Waals surface area (Å²) in [7, 11) is 1.79. The highest BCUT2D eigenvalue weighted by Gasteiger charge is 2.12. The molecule has 0 saturated heterocycles. The molecule has 1 N–H and O–H groups in total. The molecule has 0 saturated carbocycles. The number of hydrogen-bond donors (Lipinski definition) is 1. The fourth-order valence-electron chi connectivity index (χ4n) is 2.86. The highest BCUT2D eigenvalue weighted by atomic mass is 79.9. The van der Waals surface area contributed by atoms with Gasteiger partial charge in [-0.1, -0.05) is 24.3 Å². The molecule has 0 fully saturated rings. The number of halogens is 1. The Kier molecular flexibility index (Phi) is 7.30. The fourth-order valence-corrected chi connectivity index (χ4v) is 3.17. The molecule has 156 valence electrons. The summed E-state index contributed by atoms with van der Waals surface area (Å²) in [6, 6.07) is 18.2. The summed E-state index contributed by atoms with van der Waals surface area (Å²) in [6.45, 7) is 3.10. The fraction of sp³-hybridized carbons (Fsp3) is 0.217. The van der Waals surface area contributed by atoms with Crippen molar-refractivity contribution >= 4 is 33.4 Å². The largest absolute Gasteiger partial charge is 0.494 e. The average Bonchev–Trinajstić information content (AvgIpc) is 3.17. The predicted octanol–water partition coefficient (Wildman–Crippen LogP) is 4.89. The number of anilines is 1. The van der Waals surface area contributed by atoms with E-state index in [2.05, 4.69) is 21.2 Å². The van der Waals surface area contributed by atoms with Gasteiger partial charge in [0, 0.05) is 19.3 Å². The second kappa shape index (κ2) is 10.1. The van der Waals surface area contributed by atoms with E-state index in [4.69, 9.17) is 9.15 Å². The molecule has 1 heterocycles. The van der Waals surface area contributed by atoms with E-state index in [0.717, 1.165) is 16.9 Å². The Morgan fingerprint density at radius 2 is 1.67 bits per heavy atom. The minimum absolute atomic E-state index is 0.0149. The minimum atomic E-state index is -0.334. The Bertz CT molecular complexity index is 997. The van der Waals surface area contributed by atoms with Crippen molar-refractivity contribution in [3.8, 4) is 5.75 Å². The van der Waals surface area contributed by atoms with Crippen LogP contribution in [0.3, 0.4) is 0 Å². The molecule has 30 heavy (non-hydrogen) atoms. The first kappa shape index (κ1) is 21.6. The van der Waals surface area contributed by atoms with Gasteiger partial charge in [-0.3, -0.25) is 9.59 Å². The molecule has 7 heteroatoms. The van der Waals surface area contributed by atoms with Crippen LogP contribution in [0.4, 0.5) is 5.69 Å². The lowest BCUT2D eigenvalue weighted by atomic mass is 10.1. The van der Waals surface area contributed by atoms with Gasteiger partial charge in [-0.05, 0) is 70.4 Å². The number of nitrogens with one attached hydrogen (secondary N) is 1. The lowest BCUT2D eigenvalue weighted by molar-refractivity contribution is -0.129. The number of furan rings is 1. The van der Waals surface area contributed by atoms with Crippen molar-refractivity contribution in [1.29, 1.82) is 0 Å². The van der Waals surface area contributed by atoms with Gasteiger partial charge in [0.1, 0.15) is 5.75 Å². The SMILES string of the molecule is CCOc1ccc(CN(C)C(=O)Cc2ccc(NC(=O)c3ccc(Br)o3)cc2)cc1. The molecule has 0 unspecified atom stereocenters. The summed E-state index contributed by atoms with van der Waals surface area (Å²) in [4.78, 5) is 26.4. The van der Waals surface area contributed by atoms with Gasteiger partial charge in [0.05, 0.1) is 13.0 Å².